The number of hydrogen-bond donors (Lipinski definition) is 3. The molecule has 19 rings (SSSR count). The maximum absolute atomic E-state index is 14.2. The number of amides is 2. The molecule has 7 aromatic heterocycles. The van der Waals surface area contributed by atoms with E-state index in [0.717, 1.165) is 125 Å². The molecule has 2 saturated heterocycles. The van der Waals surface area contributed by atoms with Gasteiger partial charge in [-0.1, -0.05) is 84.9 Å². The normalized spacial score (nSPS) is 15.3. The van der Waals surface area contributed by atoms with E-state index in [0.29, 0.717) is 104 Å². The summed E-state index contributed by atoms with van der Waals surface area (Å²) in [5.41, 5.74) is 15.4. The van der Waals surface area contributed by atoms with Crippen LogP contribution in [0.25, 0.3) is 105 Å². The number of ketones is 1. The van der Waals surface area contributed by atoms with Crippen LogP contribution < -0.4 is 35.4 Å². The summed E-state index contributed by atoms with van der Waals surface area (Å²) < 4.78 is 106. The molecule has 126 heavy (non-hydrogen) atoms. The first-order chi connectivity index (χ1) is 60.8. The van der Waals surface area contributed by atoms with Gasteiger partial charge in [0.2, 0.25) is 5.88 Å². The predicted molar refractivity (Wildman–Crippen MR) is 479 cm³/mol. The van der Waals surface area contributed by atoms with Crippen LogP contribution >= 0.6 is 0 Å². The molecule has 2 amide bonds. The molecule has 0 radical (unpaired) electrons. The number of Topliss-reactive ketones (excluding diaryl/α,β-unsaturated/α-hetero) is 1. The number of pyridine rings is 4. The Kier molecular flexibility index (Phi) is 24.4. The molecule has 31 heteroatoms. The lowest BCUT2D eigenvalue weighted by atomic mass is 9.86. The van der Waals surface area contributed by atoms with Crippen LogP contribution in [0.2, 0.25) is 0 Å². The van der Waals surface area contributed by atoms with Gasteiger partial charge in [-0.3, -0.25) is 38.5 Å². The number of para-hydroxylation sites is 2. The van der Waals surface area contributed by atoms with Crippen LogP contribution in [-0.2, 0) is 52.3 Å². The number of aryl methyl sites for hydroxylation is 1. The lowest BCUT2D eigenvalue weighted by molar-refractivity contribution is -0.0486. The van der Waals surface area contributed by atoms with Gasteiger partial charge < -0.3 is 34.5 Å². The number of halogens is 2. The van der Waals surface area contributed by atoms with Gasteiger partial charge in [-0.05, 0) is 172 Å². The third-order valence-electron chi connectivity index (χ3n) is 22.6. The molecule has 11 heterocycles. The van der Waals surface area contributed by atoms with E-state index in [-0.39, 0.29) is 41.1 Å². The molecule has 0 bridgehead atoms. The molecule has 0 aliphatic carbocycles. The molecule has 15 aromatic rings. The molecule has 27 nitrogen and oxygen atoms in total. The van der Waals surface area contributed by atoms with E-state index in [9.17, 15) is 45.3 Å². The van der Waals surface area contributed by atoms with E-state index in [1.807, 2.05) is 173 Å². The quantitative estimate of drug-likeness (QED) is 0.0858. The summed E-state index contributed by atoms with van der Waals surface area (Å²) in [6.07, 6.45) is 10.3. The SMILES string of the molecule is CCNC(=O)Nc1ccc(-c2nc(N3CCOCC3)c3c(n2)C(C)(C)S(=O)(=O)C3)cc1.COc1ncc(-c2ccc3nccc(-c4ccnnc4)c3c2)cc1NS(=O)(=O)c1ccc(F)cc1F.Cn1c(=O)n(-c2ccc(C(C)(C)C#N)cc2)c2c3cc(-c4cnc5ccccc5c4)ccc3ncc21.O=C1CC(N2CCOCC2)Oc2c1cccc2-c1ccccc1. The Bertz CT molecular complexity index is 7040. The number of urea groups is 1. The largest absolute Gasteiger partial charge is 0.480 e. The van der Waals surface area contributed by atoms with E-state index in [2.05, 4.69) is 79.6 Å². The number of imidazole rings is 1. The smallest absolute Gasteiger partial charge is 0.333 e. The van der Waals surface area contributed by atoms with Gasteiger partial charge in [0, 0.05) is 120 Å². The minimum absolute atomic E-state index is 0.0106. The average Bonchev–Trinajstić information content (AvgIpc) is 1.58. The lowest BCUT2D eigenvalue weighted by Crippen LogP contribution is -2.48. The van der Waals surface area contributed by atoms with Crippen molar-refractivity contribution in [2.24, 2.45) is 7.05 Å². The molecular formula is C95H86F2N16O11S2. The monoisotopic (exact) mass is 1730 g/mol. The molecule has 0 spiro atoms. The minimum atomic E-state index is -4.40. The van der Waals surface area contributed by atoms with Gasteiger partial charge in [0.15, 0.2) is 27.7 Å². The van der Waals surface area contributed by atoms with E-state index < -0.39 is 46.6 Å². The molecule has 1 atom stereocenters. The van der Waals surface area contributed by atoms with Gasteiger partial charge in [-0.25, -0.2) is 50.2 Å². The summed E-state index contributed by atoms with van der Waals surface area (Å²) in [5.74, 6) is -0.177. The number of carbonyl (C=O) groups excluding carboxylic acids is 2. The number of sulfone groups is 1. The zero-order valence-electron chi connectivity index (χ0n) is 69.7. The number of carbonyl (C=O) groups is 2. The highest BCUT2D eigenvalue weighted by atomic mass is 32.2. The molecule has 1 unspecified atom stereocenters. The van der Waals surface area contributed by atoms with Crippen LogP contribution in [0.15, 0.2) is 247 Å². The number of methoxy groups -OCH3 is 1. The Morgan fingerprint density at radius 1 is 0.659 bits per heavy atom. The Labute approximate surface area is 724 Å². The van der Waals surface area contributed by atoms with Gasteiger partial charge >= 0.3 is 11.7 Å². The number of morpholine rings is 2. The maximum atomic E-state index is 14.2. The second kappa shape index (κ2) is 36.0. The minimum Gasteiger partial charge on any atom is -0.480 e. The van der Waals surface area contributed by atoms with E-state index in [1.54, 1.807) is 66.9 Å². The van der Waals surface area contributed by atoms with Crippen molar-refractivity contribution in [2.45, 2.75) is 68.1 Å². The number of rotatable bonds is 15. The van der Waals surface area contributed by atoms with Crippen molar-refractivity contribution in [3.63, 3.8) is 0 Å². The van der Waals surface area contributed by atoms with E-state index in [4.69, 9.17) is 28.9 Å². The lowest BCUT2D eigenvalue weighted by Gasteiger charge is -2.37. The molecule has 3 N–H and O–H groups in total. The molecule has 8 aromatic carbocycles. The molecule has 638 valence electrons. The number of ether oxygens (including phenoxy) is 4. The fraction of sp³-hybridized carbons (Fsp3) is 0.221. The van der Waals surface area contributed by atoms with Crippen LogP contribution in [-0.4, -0.2) is 155 Å². The second-order valence-electron chi connectivity index (χ2n) is 31.3. The number of fused-ring (bicyclic) bond motifs is 7. The van der Waals surface area contributed by atoms with Crippen molar-refractivity contribution < 1.29 is 54.2 Å². The maximum Gasteiger partial charge on any atom is 0.333 e. The van der Waals surface area contributed by atoms with Crippen molar-refractivity contribution in [1.82, 2.24) is 59.5 Å². The second-order valence-corrected chi connectivity index (χ2v) is 35.5. The van der Waals surface area contributed by atoms with E-state index in [1.165, 1.54) is 19.4 Å². The van der Waals surface area contributed by atoms with Gasteiger partial charge in [0.25, 0.3) is 10.0 Å². The third kappa shape index (κ3) is 17.6. The Morgan fingerprint density at radius 3 is 2.04 bits per heavy atom. The van der Waals surface area contributed by atoms with Crippen molar-refractivity contribution in [3.8, 4) is 79.3 Å². The van der Waals surface area contributed by atoms with Crippen molar-refractivity contribution >= 4 is 92.6 Å². The standard InChI is InChI=1S/C30H23N5O.C25H17F2N5O3S.C21H27N5O4S.C19H19NO3/c1-30(2,18-31)22-9-11-23(12-10-22)35-28-24-15-19(21-14-20-6-4-5-7-25(20)32-16-21)8-13-26(24)33-17-27(28)34(3)29(35)36;1-35-25-23(32-36(33,34)24-5-3-18(26)12-21(24)27)11-17(13-29-25)15-2-4-22-20(10-15)19(7-8-28-22)16-6-9-30-31-14-16;1-4-22-20(27)23-15-7-5-14(6-8-15)18-24-17-16(13-31(28,29)21(17,2)3)19(25-18)26-9-11-30-12-10-26;21-17-13-18(20-9-11-22-12-10-20)23-19-15(7-4-8-16(17)19)14-5-2-1-3-6-14/h4-17H,1-3H3;2-14,32H,1H3;5-8H,4,9-13H2,1-3H3,(H2,22,23,27);1-8,18H,9-13H2. The molecule has 4 aliphatic heterocycles. The highest BCUT2D eigenvalue weighted by Gasteiger charge is 2.48. The first kappa shape index (κ1) is 85.4. The van der Waals surface area contributed by atoms with Gasteiger partial charge in [0.1, 0.15) is 38.5 Å². The zero-order valence-corrected chi connectivity index (χ0v) is 71.4. The summed E-state index contributed by atoms with van der Waals surface area (Å²) in [6, 6.07) is 62.1. The third-order valence-corrected chi connectivity index (χ3v) is 26.4. The van der Waals surface area contributed by atoms with Crippen LogP contribution in [0, 0.1) is 23.0 Å². The Morgan fingerprint density at radius 2 is 1.33 bits per heavy atom. The first-order valence-electron chi connectivity index (χ1n) is 40.7. The van der Waals surface area contributed by atoms with Gasteiger partial charge in [0.05, 0.1) is 120 Å². The molecule has 4 aliphatic rings. The summed E-state index contributed by atoms with van der Waals surface area (Å²) in [5, 5.41) is 25.5. The number of aromatic nitrogens is 10. The number of nitrogens with zero attached hydrogens (tertiary/aromatic N) is 13. The Balaban J connectivity index is 0.000000125. The fourth-order valence-corrected chi connectivity index (χ4v) is 18.2. The van der Waals surface area contributed by atoms with Crippen LogP contribution in [0.4, 0.5) is 30.8 Å². The number of nitrogens with one attached hydrogen (secondary N) is 3. The number of sulfonamides is 1. The highest BCUT2D eigenvalue weighted by molar-refractivity contribution is 7.92. The fourth-order valence-electron chi connectivity index (χ4n) is 15.6. The molecule has 2 fully saturated rings. The summed E-state index contributed by atoms with van der Waals surface area (Å²) in [6.45, 7) is 15.0. The zero-order chi connectivity index (χ0) is 88.2. The van der Waals surface area contributed by atoms with Gasteiger partial charge in [-0.15, -0.1) is 0 Å². The first-order valence-corrected chi connectivity index (χ1v) is 43.8. The number of anilines is 3. The molecule has 0 saturated carbocycles. The van der Waals surface area contributed by atoms with Crippen molar-refractivity contribution in [1.29, 1.82) is 5.26 Å². The van der Waals surface area contributed by atoms with Crippen molar-refractivity contribution in [3.05, 3.63) is 282 Å². The van der Waals surface area contributed by atoms with Crippen LogP contribution in [0.5, 0.6) is 11.6 Å². The summed E-state index contributed by atoms with van der Waals surface area (Å²) >= 11 is 0. The van der Waals surface area contributed by atoms with Crippen LogP contribution in [0.1, 0.15) is 68.2 Å². The Hall–Kier alpha value is -14.2. The van der Waals surface area contributed by atoms with Crippen molar-refractivity contribution in [2.75, 3.05) is 81.2 Å². The van der Waals surface area contributed by atoms with Crippen LogP contribution in [0.3, 0.4) is 0 Å². The molecular weight excluding hydrogens is 1640 g/mol. The number of nitriles is 1. The van der Waals surface area contributed by atoms with Gasteiger partial charge in [-0.2, -0.15) is 15.5 Å². The van der Waals surface area contributed by atoms with E-state index >= 15 is 0 Å². The number of benzene rings is 8. The topological polar surface area (TPSA) is 336 Å². The summed E-state index contributed by atoms with van der Waals surface area (Å²) in [7, 11) is -4.70. The predicted octanol–water partition coefficient (Wildman–Crippen LogP) is 16.0. The average molecular weight is 1730 g/mol. The highest BCUT2D eigenvalue weighted by Crippen LogP contribution is 2.46. The number of hydrogen-bond acceptors (Lipinski definition) is 22. The summed E-state index contributed by atoms with van der Waals surface area (Å²) in [4.78, 5) is 68.7.